The predicted octanol–water partition coefficient (Wildman–Crippen LogP) is 1.77. The number of β-amino-alcohol motifs (C(OH)–C–C–N with tert-alkyl or cyclic N) is 1. The van der Waals surface area contributed by atoms with E-state index in [0.29, 0.717) is 12.5 Å². The van der Waals surface area contributed by atoms with Gasteiger partial charge in [-0.2, -0.15) is 0 Å². The van der Waals surface area contributed by atoms with Gasteiger partial charge in [0.15, 0.2) is 0 Å². The van der Waals surface area contributed by atoms with Gasteiger partial charge < -0.3 is 16.2 Å². The van der Waals surface area contributed by atoms with Gasteiger partial charge in [-0.25, -0.2) is 0 Å². The summed E-state index contributed by atoms with van der Waals surface area (Å²) in [5.41, 5.74) is 6.56. The van der Waals surface area contributed by atoms with Crippen molar-refractivity contribution < 1.29 is 9.90 Å². The molecule has 0 heterocycles. The van der Waals surface area contributed by atoms with E-state index in [-0.39, 0.29) is 0 Å². The van der Waals surface area contributed by atoms with E-state index in [1.807, 2.05) is 24.3 Å². The maximum absolute atomic E-state index is 11.2. The molecule has 0 saturated heterocycles. The molecule has 1 aromatic rings. The van der Waals surface area contributed by atoms with E-state index in [9.17, 15) is 9.90 Å². The molecular formula is C16H26N2O2. The van der Waals surface area contributed by atoms with Crippen LogP contribution in [-0.4, -0.2) is 23.1 Å². The lowest BCUT2D eigenvalue weighted by Gasteiger charge is -2.24. The van der Waals surface area contributed by atoms with Crippen LogP contribution in [0.1, 0.15) is 44.9 Å². The van der Waals surface area contributed by atoms with Crippen LogP contribution in [0.5, 0.6) is 0 Å². The van der Waals surface area contributed by atoms with E-state index in [0.717, 1.165) is 12.0 Å². The highest BCUT2D eigenvalue weighted by Crippen LogP contribution is 2.16. The van der Waals surface area contributed by atoms with Crippen molar-refractivity contribution >= 4 is 5.91 Å². The van der Waals surface area contributed by atoms with Gasteiger partial charge in [0, 0.05) is 6.54 Å². The highest BCUT2D eigenvalue weighted by atomic mass is 16.3. The summed E-state index contributed by atoms with van der Waals surface area (Å²) in [7, 11) is 0. The third kappa shape index (κ3) is 4.94. The molecule has 0 bridgehead atoms. The molecule has 0 aliphatic rings. The summed E-state index contributed by atoms with van der Waals surface area (Å²) >= 11 is 0. The van der Waals surface area contributed by atoms with E-state index < -0.39 is 17.6 Å². The lowest BCUT2D eigenvalue weighted by atomic mass is 9.99. The lowest BCUT2D eigenvalue weighted by molar-refractivity contribution is -0.123. The first-order chi connectivity index (χ1) is 9.22. The number of nitrogens with one attached hydrogen (secondary N) is 1. The third-order valence-corrected chi connectivity index (χ3v) is 3.36. The van der Waals surface area contributed by atoms with Gasteiger partial charge >= 0.3 is 0 Å². The summed E-state index contributed by atoms with van der Waals surface area (Å²) in [6, 6.07) is 7.94. The van der Waals surface area contributed by atoms with Gasteiger partial charge in [-0.15, -0.1) is 0 Å². The summed E-state index contributed by atoms with van der Waals surface area (Å²) in [5, 5.41) is 13.1. The van der Waals surface area contributed by atoms with E-state index >= 15 is 0 Å². The molecule has 0 aromatic heterocycles. The minimum absolute atomic E-state index is 0.291. The number of primary amides is 1. The molecule has 4 heteroatoms. The largest absolute Gasteiger partial charge is 0.387 e. The Hall–Kier alpha value is -1.39. The van der Waals surface area contributed by atoms with E-state index in [4.69, 9.17) is 5.73 Å². The number of carbonyl (C=O) groups excluding carboxylic acids is 1. The smallest absolute Gasteiger partial charge is 0.237 e. The zero-order valence-corrected chi connectivity index (χ0v) is 12.8. The Morgan fingerprint density at radius 3 is 2.30 bits per heavy atom. The molecule has 0 fully saturated rings. The van der Waals surface area contributed by atoms with E-state index in [2.05, 4.69) is 19.2 Å². The number of aliphatic hydroxyl groups excluding tert-OH is 1. The van der Waals surface area contributed by atoms with Gasteiger partial charge in [0.25, 0.3) is 0 Å². The number of benzene rings is 1. The normalized spacial score (nSPS) is 13.5. The van der Waals surface area contributed by atoms with Crippen molar-refractivity contribution in [1.29, 1.82) is 0 Å². The first-order valence-electron chi connectivity index (χ1n) is 7.04. The van der Waals surface area contributed by atoms with Crippen molar-refractivity contribution in [3.8, 4) is 0 Å². The monoisotopic (exact) mass is 278 g/mol. The standard InChI is InChI=1S/C16H26N2O2/c1-11(2)9-12-5-7-13(8-6-12)14(19)10-18-16(3,4)15(17)20/h5-8,11,14,18-19H,9-10H2,1-4H3,(H2,17,20). The second kappa shape index (κ2) is 6.86. The van der Waals surface area contributed by atoms with Crippen LogP contribution in [0.4, 0.5) is 0 Å². The van der Waals surface area contributed by atoms with Crippen molar-refractivity contribution in [2.24, 2.45) is 11.7 Å². The summed E-state index contributed by atoms with van der Waals surface area (Å²) in [6.45, 7) is 8.05. The molecule has 4 nitrogen and oxygen atoms in total. The van der Waals surface area contributed by atoms with Crippen molar-refractivity contribution in [2.45, 2.75) is 45.8 Å². The molecular weight excluding hydrogens is 252 g/mol. The summed E-state index contributed by atoms with van der Waals surface area (Å²) in [6.07, 6.45) is 0.380. The van der Waals surface area contributed by atoms with Crippen LogP contribution in [0.25, 0.3) is 0 Å². The van der Waals surface area contributed by atoms with Crippen LogP contribution < -0.4 is 11.1 Å². The lowest BCUT2D eigenvalue weighted by Crippen LogP contribution is -2.51. The maximum atomic E-state index is 11.2. The van der Waals surface area contributed by atoms with Gasteiger partial charge in [0.1, 0.15) is 0 Å². The van der Waals surface area contributed by atoms with Crippen molar-refractivity contribution in [3.63, 3.8) is 0 Å². The average molecular weight is 278 g/mol. The fourth-order valence-electron chi connectivity index (χ4n) is 1.90. The van der Waals surface area contributed by atoms with Crippen LogP contribution in [0.15, 0.2) is 24.3 Å². The van der Waals surface area contributed by atoms with Crippen LogP contribution in [0.2, 0.25) is 0 Å². The third-order valence-electron chi connectivity index (χ3n) is 3.36. The second-order valence-electron chi connectivity index (χ2n) is 6.23. The van der Waals surface area contributed by atoms with Crippen LogP contribution in [-0.2, 0) is 11.2 Å². The number of carbonyl (C=O) groups is 1. The Morgan fingerprint density at radius 1 is 1.30 bits per heavy atom. The van der Waals surface area contributed by atoms with E-state index in [1.165, 1.54) is 5.56 Å². The Labute approximate surface area is 121 Å². The Balaban J connectivity index is 2.60. The number of nitrogens with two attached hydrogens (primary N) is 1. The number of aliphatic hydroxyl groups is 1. The summed E-state index contributed by atoms with van der Waals surface area (Å²) in [4.78, 5) is 11.2. The minimum atomic E-state index is -0.821. The molecule has 0 spiro atoms. The molecule has 0 radical (unpaired) electrons. The van der Waals surface area contributed by atoms with E-state index in [1.54, 1.807) is 13.8 Å². The highest BCUT2D eigenvalue weighted by molar-refractivity contribution is 5.83. The molecule has 1 aromatic carbocycles. The molecule has 1 atom stereocenters. The molecule has 0 aliphatic carbocycles. The minimum Gasteiger partial charge on any atom is -0.387 e. The fraction of sp³-hybridized carbons (Fsp3) is 0.562. The molecule has 1 rings (SSSR count). The zero-order valence-electron chi connectivity index (χ0n) is 12.8. The van der Waals surface area contributed by atoms with Gasteiger partial charge in [0.05, 0.1) is 11.6 Å². The molecule has 112 valence electrons. The zero-order chi connectivity index (χ0) is 15.3. The number of hydrogen-bond donors (Lipinski definition) is 3. The molecule has 20 heavy (non-hydrogen) atoms. The molecule has 0 aliphatic heterocycles. The predicted molar refractivity (Wildman–Crippen MR) is 81.2 cm³/mol. The molecule has 0 saturated carbocycles. The van der Waals surface area contributed by atoms with Crippen molar-refractivity contribution in [1.82, 2.24) is 5.32 Å². The summed E-state index contributed by atoms with van der Waals surface area (Å²) < 4.78 is 0. The van der Waals surface area contributed by atoms with Gasteiger partial charge in [-0.3, -0.25) is 4.79 Å². The Morgan fingerprint density at radius 2 is 1.85 bits per heavy atom. The molecule has 4 N–H and O–H groups in total. The average Bonchev–Trinajstić information content (AvgIpc) is 2.36. The van der Waals surface area contributed by atoms with Gasteiger partial charge in [-0.1, -0.05) is 38.1 Å². The molecule has 1 unspecified atom stereocenters. The Kier molecular flexibility index (Phi) is 5.72. The van der Waals surface area contributed by atoms with Crippen molar-refractivity contribution in [3.05, 3.63) is 35.4 Å². The van der Waals surface area contributed by atoms with Gasteiger partial charge in [-0.05, 0) is 37.3 Å². The number of amides is 1. The second-order valence-corrected chi connectivity index (χ2v) is 6.23. The first kappa shape index (κ1) is 16.7. The van der Waals surface area contributed by atoms with Crippen LogP contribution in [0, 0.1) is 5.92 Å². The number of hydrogen-bond acceptors (Lipinski definition) is 3. The summed E-state index contributed by atoms with van der Waals surface area (Å²) in [5.74, 6) is 0.181. The topological polar surface area (TPSA) is 75.3 Å². The fourth-order valence-corrected chi connectivity index (χ4v) is 1.90. The first-order valence-corrected chi connectivity index (χ1v) is 7.04. The SMILES string of the molecule is CC(C)Cc1ccc(C(O)CNC(C)(C)C(N)=O)cc1. The molecule has 1 amide bonds. The quantitative estimate of drug-likeness (QED) is 0.711. The Bertz CT molecular complexity index is 438. The van der Waals surface area contributed by atoms with Crippen molar-refractivity contribution in [2.75, 3.05) is 6.54 Å². The highest BCUT2D eigenvalue weighted by Gasteiger charge is 2.25. The van der Waals surface area contributed by atoms with Gasteiger partial charge in [0.2, 0.25) is 5.91 Å². The number of rotatable bonds is 7. The van der Waals surface area contributed by atoms with Crippen LogP contribution >= 0.6 is 0 Å². The van der Waals surface area contributed by atoms with Crippen LogP contribution in [0.3, 0.4) is 0 Å². The maximum Gasteiger partial charge on any atom is 0.237 e.